The molecular formula is C11H26ClNO3. The minimum atomic E-state index is -1.08. The summed E-state index contributed by atoms with van der Waals surface area (Å²) >= 11 is 0. The molecule has 0 spiro atoms. The monoisotopic (exact) mass is 255 g/mol. The molecule has 100 valence electrons. The van der Waals surface area contributed by atoms with Crippen molar-refractivity contribution in [3.8, 4) is 0 Å². The topological polar surface area (TPSA) is 60.4 Å². The minimum Gasteiger partial charge on any atom is -0.550 e. The molecule has 0 heterocycles. The third kappa shape index (κ3) is 11.8. The molecule has 1 atom stereocenters. The first-order valence-corrected chi connectivity index (χ1v) is 5.54. The summed E-state index contributed by atoms with van der Waals surface area (Å²) in [6, 6.07) is 0. The molecule has 0 radical (unpaired) electrons. The van der Waals surface area contributed by atoms with Crippen LogP contribution in [0.5, 0.6) is 0 Å². The Balaban J connectivity index is -0.000000292. The molecule has 0 aromatic heterocycles. The van der Waals surface area contributed by atoms with E-state index < -0.39 is 5.97 Å². The quantitative estimate of drug-likeness (QED) is 0.725. The number of aliphatic hydroxyl groups is 1. The van der Waals surface area contributed by atoms with E-state index in [1.54, 1.807) is 0 Å². The summed E-state index contributed by atoms with van der Waals surface area (Å²) < 4.78 is 1.04. The first-order chi connectivity index (χ1) is 6.83. The Bertz CT molecular complexity index is 158. The summed E-state index contributed by atoms with van der Waals surface area (Å²) in [6.45, 7) is 13.7. The average molecular weight is 256 g/mol. The van der Waals surface area contributed by atoms with Crippen LogP contribution in [0.3, 0.4) is 0 Å². The van der Waals surface area contributed by atoms with E-state index in [4.69, 9.17) is 9.90 Å². The second-order valence-electron chi connectivity index (χ2n) is 3.81. The van der Waals surface area contributed by atoms with Gasteiger partial charge in [-0.3, -0.25) is 0 Å². The van der Waals surface area contributed by atoms with Crippen molar-refractivity contribution < 1.29 is 19.5 Å². The SMILES string of the molecule is CC(=O)[O-].CC[N+](CC)(CC)CC(C)O.Cl. The van der Waals surface area contributed by atoms with Gasteiger partial charge in [-0.05, 0) is 34.6 Å². The molecule has 1 unspecified atom stereocenters. The number of carbonyl (C=O) groups is 1. The average Bonchev–Trinajstić information content (AvgIpc) is 2.13. The van der Waals surface area contributed by atoms with E-state index in [1.807, 2.05) is 6.92 Å². The molecule has 0 aliphatic carbocycles. The Morgan fingerprint density at radius 2 is 1.50 bits per heavy atom. The molecule has 0 aromatic carbocycles. The van der Waals surface area contributed by atoms with Crippen LogP contribution in [0.1, 0.15) is 34.6 Å². The number of carboxylic acid groups (broad SMARTS) is 1. The molecule has 0 aromatic rings. The highest BCUT2D eigenvalue weighted by molar-refractivity contribution is 5.85. The maximum Gasteiger partial charge on any atom is 0.105 e. The zero-order valence-corrected chi connectivity index (χ0v) is 11.8. The van der Waals surface area contributed by atoms with Gasteiger partial charge in [0, 0.05) is 5.97 Å². The van der Waals surface area contributed by atoms with Crippen LogP contribution in [0, 0.1) is 0 Å². The third-order valence-corrected chi connectivity index (χ3v) is 2.66. The van der Waals surface area contributed by atoms with Crippen molar-refractivity contribution in [2.75, 3.05) is 26.2 Å². The zero-order valence-electron chi connectivity index (χ0n) is 11.0. The molecular weight excluding hydrogens is 230 g/mol. The zero-order chi connectivity index (χ0) is 12.5. The lowest BCUT2D eigenvalue weighted by Gasteiger charge is -2.36. The van der Waals surface area contributed by atoms with Gasteiger partial charge in [0.15, 0.2) is 0 Å². The first-order valence-electron chi connectivity index (χ1n) is 5.54. The molecule has 0 bridgehead atoms. The summed E-state index contributed by atoms with van der Waals surface area (Å²) in [4.78, 5) is 8.89. The molecule has 0 saturated heterocycles. The Hall–Kier alpha value is -0.320. The van der Waals surface area contributed by atoms with E-state index in [0.717, 1.165) is 37.6 Å². The predicted octanol–water partition coefficient (Wildman–Crippen LogP) is 0.422. The Kier molecular flexibility index (Phi) is 14.7. The van der Waals surface area contributed by atoms with Crippen molar-refractivity contribution in [1.82, 2.24) is 0 Å². The standard InChI is InChI=1S/C9H22NO.C2H4O2.ClH/c1-5-10(6-2,7-3)8-9(4)11;1-2(3)4;/h9,11H,5-8H2,1-4H3;1H3,(H,3,4);1H/q+1;;/p-1. The van der Waals surface area contributed by atoms with E-state index in [2.05, 4.69) is 20.8 Å². The van der Waals surface area contributed by atoms with Crippen molar-refractivity contribution in [2.45, 2.75) is 40.7 Å². The van der Waals surface area contributed by atoms with E-state index >= 15 is 0 Å². The van der Waals surface area contributed by atoms with E-state index in [-0.39, 0.29) is 18.5 Å². The summed E-state index contributed by atoms with van der Waals surface area (Å²) in [6.07, 6.45) is -0.171. The first kappa shape index (κ1) is 21.0. The molecule has 0 amide bonds. The van der Waals surface area contributed by atoms with E-state index in [0.29, 0.717) is 0 Å². The lowest BCUT2D eigenvalue weighted by molar-refractivity contribution is -0.925. The molecule has 0 fully saturated rings. The van der Waals surface area contributed by atoms with Crippen LogP contribution in [-0.4, -0.2) is 47.8 Å². The Morgan fingerprint density at radius 3 is 1.56 bits per heavy atom. The highest BCUT2D eigenvalue weighted by atomic mass is 35.5. The molecule has 0 aliphatic heterocycles. The van der Waals surface area contributed by atoms with Crippen molar-refractivity contribution in [3.63, 3.8) is 0 Å². The number of quaternary nitrogens is 1. The van der Waals surface area contributed by atoms with Gasteiger partial charge in [-0.15, -0.1) is 12.4 Å². The van der Waals surface area contributed by atoms with Gasteiger partial charge >= 0.3 is 0 Å². The molecule has 4 nitrogen and oxygen atoms in total. The van der Waals surface area contributed by atoms with Crippen LogP contribution in [-0.2, 0) is 4.79 Å². The van der Waals surface area contributed by atoms with Crippen LogP contribution in [0.4, 0.5) is 0 Å². The predicted molar refractivity (Wildman–Crippen MR) is 66.4 cm³/mol. The van der Waals surface area contributed by atoms with Gasteiger partial charge in [-0.25, -0.2) is 0 Å². The number of hydrogen-bond donors (Lipinski definition) is 1. The van der Waals surface area contributed by atoms with Gasteiger partial charge in [0.1, 0.15) is 12.6 Å². The maximum absolute atomic E-state index is 9.27. The molecule has 1 N–H and O–H groups in total. The normalized spacial score (nSPS) is 11.9. The summed E-state index contributed by atoms with van der Waals surface area (Å²) in [5, 5.41) is 18.2. The maximum atomic E-state index is 9.27. The summed E-state index contributed by atoms with van der Waals surface area (Å²) in [5.74, 6) is -1.08. The van der Waals surface area contributed by atoms with Crippen molar-refractivity contribution >= 4 is 18.4 Å². The van der Waals surface area contributed by atoms with Gasteiger partial charge in [-0.1, -0.05) is 0 Å². The fourth-order valence-electron chi connectivity index (χ4n) is 1.62. The summed E-state index contributed by atoms with van der Waals surface area (Å²) in [5.41, 5.74) is 0. The lowest BCUT2D eigenvalue weighted by Crippen LogP contribution is -2.51. The molecule has 0 rings (SSSR count). The van der Waals surface area contributed by atoms with Crippen LogP contribution in [0.15, 0.2) is 0 Å². The molecule has 0 saturated carbocycles. The van der Waals surface area contributed by atoms with Gasteiger partial charge in [0.2, 0.25) is 0 Å². The number of halogens is 1. The third-order valence-electron chi connectivity index (χ3n) is 2.66. The lowest BCUT2D eigenvalue weighted by atomic mass is 10.2. The number of likely N-dealkylation sites (N-methyl/N-ethyl adjacent to an activating group) is 1. The number of nitrogens with zero attached hydrogens (tertiary/aromatic N) is 1. The van der Waals surface area contributed by atoms with E-state index in [1.165, 1.54) is 0 Å². The number of aliphatic hydroxyl groups excluding tert-OH is 1. The van der Waals surface area contributed by atoms with Crippen LogP contribution < -0.4 is 5.11 Å². The van der Waals surface area contributed by atoms with Gasteiger partial charge in [0.05, 0.1) is 19.6 Å². The van der Waals surface area contributed by atoms with Crippen molar-refractivity contribution in [3.05, 3.63) is 0 Å². The fraction of sp³-hybridized carbons (Fsp3) is 0.909. The number of rotatable bonds is 5. The van der Waals surface area contributed by atoms with E-state index in [9.17, 15) is 5.11 Å². The largest absolute Gasteiger partial charge is 0.550 e. The number of carbonyl (C=O) groups excluding carboxylic acids is 1. The number of hydrogen-bond acceptors (Lipinski definition) is 3. The summed E-state index contributed by atoms with van der Waals surface area (Å²) in [7, 11) is 0. The minimum absolute atomic E-state index is 0. The highest BCUT2D eigenvalue weighted by Crippen LogP contribution is 2.06. The van der Waals surface area contributed by atoms with Crippen LogP contribution in [0.2, 0.25) is 0 Å². The van der Waals surface area contributed by atoms with Gasteiger partial charge in [0.25, 0.3) is 0 Å². The fourth-order valence-corrected chi connectivity index (χ4v) is 1.62. The van der Waals surface area contributed by atoms with Crippen LogP contribution in [0.25, 0.3) is 0 Å². The van der Waals surface area contributed by atoms with Crippen molar-refractivity contribution in [2.24, 2.45) is 0 Å². The number of carboxylic acids is 1. The second kappa shape index (κ2) is 11.2. The molecule has 5 heteroatoms. The van der Waals surface area contributed by atoms with Gasteiger partial charge in [-0.2, -0.15) is 0 Å². The smallest absolute Gasteiger partial charge is 0.105 e. The van der Waals surface area contributed by atoms with Crippen LogP contribution >= 0.6 is 12.4 Å². The molecule has 0 aliphatic rings. The Morgan fingerprint density at radius 1 is 1.25 bits per heavy atom. The second-order valence-corrected chi connectivity index (χ2v) is 3.81. The Labute approximate surface area is 105 Å². The van der Waals surface area contributed by atoms with Crippen molar-refractivity contribution in [1.29, 1.82) is 0 Å². The number of aliphatic carboxylic acids is 1. The molecule has 16 heavy (non-hydrogen) atoms. The van der Waals surface area contributed by atoms with Gasteiger partial charge < -0.3 is 19.5 Å². The highest BCUT2D eigenvalue weighted by Gasteiger charge is 2.22.